The maximum absolute atomic E-state index is 12.1. The Morgan fingerprint density at radius 1 is 1.62 bits per heavy atom. The van der Waals surface area contributed by atoms with Crippen molar-refractivity contribution in [3.63, 3.8) is 0 Å². The van der Waals surface area contributed by atoms with E-state index in [0.29, 0.717) is 6.54 Å². The Morgan fingerprint density at radius 3 is 2.69 bits per heavy atom. The summed E-state index contributed by atoms with van der Waals surface area (Å²) >= 11 is 0. The van der Waals surface area contributed by atoms with Crippen LogP contribution in [0.1, 0.15) is 19.7 Å². The summed E-state index contributed by atoms with van der Waals surface area (Å²) in [6.45, 7) is 4.25. The normalized spacial score (nSPS) is 11.6. The molecule has 1 rings (SSSR count). The Bertz CT molecular complexity index is 370. The molecule has 0 spiro atoms. The highest BCUT2D eigenvalue weighted by atomic mass is 16.2. The molecule has 1 amide bonds. The first-order valence-electron chi connectivity index (χ1n) is 5.29. The molecular weight excluding hydrogens is 204 g/mol. The van der Waals surface area contributed by atoms with Crippen molar-refractivity contribution in [2.24, 2.45) is 7.05 Å². The van der Waals surface area contributed by atoms with Crippen molar-refractivity contribution in [3.05, 3.63) is 18.2 Å². The number of nitrogens with one attached hydrogen (secondary N) is 1. The van der Waals surface area contributed by atoms with Crippen LogP contribution in [-0.2, 0) is 18.4 Å². The van der Waals surface area contributed by atoms with E-state index >= 15 is 0 Å². The molecular formula is C11H20N4O. The van der Waals surface area contributed by atoms with Crippen LogP contribution in [0.25, 0.3) is 0 Å². The Hall–Kier alpha value is -1.36. The summed E-state index contributed by atoms with van der Waals surface area (Å²) < 4.78 is 1.91. The lowest BCUT2D eigenvalue weighted by molar-refractivity contribution is -0.136. The first kappa shape index (κ1) is 12.7. The van der Waals surface area contributed by atoms with Crippen molar-refractivity contribution in [1.29, 1.82) is 0 Å². The number of likely N-dealkylation sites (N-methyl/N-ethyl adjacent to an activating group) is 2. The van der Waals surface area contributed by atoms with Gasteiger partial charge in [0.1, 0.15) is 5.82 Å². The molecule has 0 atom stereocenters. The molecule has 0 bridgehead atoms. The Kier molecular flexibility index (Phi) is 3.70. The third kappa shape index (κ3) is 2.61. The van der Waals surface area contributed by atoms with Crippen molar-refractivity contribution >= 4 is 5.91 Å². The van der Waals surface area contributed by atoms with Gasteiger partial charge in [-0.25, -0.2) is 4.98 Å². The standard InChI is InChI=1S/C11H20N4O/c1-11(2,12-3)10(16)15(5)8-9-13-6-7-14(9)4/h6-7,12H,8H2,1-5H3. The van der Waals surface area contributed by atoms with Gasteiger partial charge in [0.25, 0.3) is 0 Å². The van der Waals surface area contributed by atoms with Gasteiger partial charge in [0.2, 0.25) is 5.91 Å². The molecule has 90 valence electrons. The number of aryl methyl sites for hydroxylation is 1. The van der Waals surface area contributed by atoms with Crippen molar-refractivity contribution in [2.75, 3.05) is 14.1 Å². The van der Waals surface area contributed by atoms with Gasteiger partial charge in [-0.15, -0.1) is 0 Å². The molecule has 0 unspecified atom stereocenters. The number of carbonyl (C=O) groups is 1. The second kappa shape index (κ2) is 4.65. The summed E-state index contributed by atoms with van der Waals surface area (Å²) in [5.74, 6) is 0.931. The molecule has 0 aromatic carbocycles. The first-order chi connectivity index (χ1) is 7.38. The number of hydrogen-bond donors (Lipinski definition) is 1. The molecule has 0 saturated heterocycles. The van der Waals surface area contributed by atoms with Gasteiger partial charge in [-0.1, -0.05) is 0 Å². The number of carbonyl (C=O) groups excluding carboxylic acids is 1. The molecule has 0 radical (unpaired) electrons. The third-order valence-corrected chi connectivity index (χ3v) is 2.81. The van der Waals surface area contributed by atoms with E-state index in [9.17, 15) is 4.79 Å². The van der Waals surface area contributed by atoms with E-state index in [4.69, 9.17) is 0 Å². The number of nitrogens with zero attached hydrogens (tertiary/aromatic N) is 3. The predicted molar refractivity (Wildman–Crippen MR) is 62.8 cm³/mol. The Morgan fingerprint density at radius 2 is 2.25 bits per heavy atom. The minimum absolute atomic E-state index is 0.0537. The van der Waals surface area contributed by atoms with E-state index in [2.05, 4.69) is 10.3 Å². The second-order valence-corrected chi connectivity index (χ2v) is 4.49. The van der Waals surface area contributed by atoms with Crippen LogP contribution in [0.2, 0.25) is 0 Å². The van der Waals surface area contributed by atoms with Crippen molar-refractivity contribution in [3.8, 4) is 0 Å². The van der Waals surface area contributed by atoms with E-state index in [1.807, 2.05) is 31.7 Å². The maximum atomic E-state index is 12.1. The Balaban J connectivity index is 2.70. The highest BCUT2D eigenvalue weighted by molar-refractivity contribution is 5.85. The highest BCUT2D eigenvalue weighted by Gasteiger charge is 2.28. The predicted octanol–water partition coefficient (Wildman–Crippen LogP) is 0.376. The second-order valence-electron chi connectivity index (χ2n) is 4.49. The summed E-state index contributed by atoms with van der Waals surface area (Å²) in [5, 5.41) is 3.00. The molecule has 0 aliphatic carbocycles. The number of imidazole rings is 1. The molecule has 0 aliphatic heterocycles. The van der Waals surface area contributed by atoms with Crippen LogP contribution in [0.4, 0.5) is 0 Å². The average Bonchev–Trinajstić information content (AvgIpc) is 2.63. The number of aromatic nitrogens is 2. The number of hydrogen-bond acceptors (Lipinski definition) is 3. The van der Waals surface area contributed by atoms with Crippen LogP contribution >= 0.6 is 0 Å². The lowest BCUT2D eigenvalue weighted by Crippen LogP contribution is -2.51. The average molecular weight is 224 g/mol. The van der Waals surface area contributed by atoms with Gasteiger partial charge in [0.15, 0.2) is 0 Å². The SMILES string of the molecule is CNC(C)(C)C(=O)N(C)Cc1nccn1C. The quantitative estimate of drug-likeness (QED) is 0.804. The van der Waals surface area contributed by atoms with E-state index < -0.39 is 5.54 Å². The van der Waals surface area contributed by atoms with Crippen LogP contribution in [0.5, 0.6) is 0 Å². The molecule has 5 heteroatoms. The zero-order valence-electron chi connectivity index (χ0n) is 10.6. The van der Waals surface area contributed by atoms with Gasteiger partial charge in [-0.2, -0.15) is 0 Å². The lowest BCUT2D eigenvalue weighted by atomic mass is 10.0. The lowest BCUT2D eigenvalue weighted by Gasteiger charge is -2.28. The van der Waals surface area contributed by atoms with Crippen LogP contribution < -0.4 is 5.32 Å². The van der Waals surface area contributed by atoms with E-state index in [1.54, 1.807) is 25.2 Å². The fourth-order valence-electron chi connectivity index (χ4n) is 1.42. The molecule has 0 fully saturated rings. The largest absolute Gasteiger partial charge is 0.337 e. The van der Waals surface area contributed by atoms with Crippen LogP contribution in [-0.4, -0.2) is 40.0 Å². The maximum Gasteiger partial charge on any atom is 0.242 e. The van der Waals surface area contributed by atoms with E-state index in [1.165, 1.54) is 0 Å². The molecule has 1 N–H and O–H groups in total. The zero-order chi connectivity index (χ0) is 12.3. The van der Waals surface area contributed by atoms with Gasteiger partial charge < -0.3 is 14.8 Å². The molecule has 1 aromatic rings. The third-order valence-electron chi connectivity index (χ3n) is 2.81. The van der Waals surface area contributed by atoms with Gasteiger partial charge in [-0.3, -0.25) is 4.79 Å². The molecule has 5 nitrogen and oxygen atoms in total. The van der Waals surface area contributed by atoms with E-state index in [-0.39, 0.29) is 5.91 Å². The fraction of sp³-hybridized carbons (Fsp3) is 0.636. The van der Waals surface area contributed by atoms with Crippen molar-refractivity contribution in [2.45, 2.75) is 25.9 Å². The monoisotopic (exact) mass is 224 g/mol. The van der Waals surface area contributed by atoms with Crippen LogP contribution in [0.15, 0.2) is 12.4 Å². The highest BCUT2D eigenvalue weighted by Crippen LogP contribution is 2.08. The van der Waals surface area contributed by atoms with Crippen LogP contribution in [0.3, 0.4) is 0 Å². The molecule has 1 aromatic heterocycles. The smallest absolute Gasteiger partial charge is 0.242 e. The number of rotatable bonds is 4. The number of amides is 1. The van der Waals surface area contributed by atoms with Gasteiger partial charge in [0, 0.05) is 26.5 Å². The van der Waals surface area contributed by atoms with Gasteiger partial charge >= 0.3 is 0 Å². The minimum Gasteiger partial charge on any atom is -0.337 e. The van der Waals surface area contributed by atoms with Crippen molar-refractivity contribution in [1.82, 2.24) is 19.8 Å². The van der Waals surface area contributed by atoms with Crippen LogP contribution in [0, 0.1) is 0 Å². The Labute approximate surface area is 96.5 Å². The summed E-state index contributed by atoms with van der Waals surface area (Å²) in [6.07, 6.45) is 3.60. The zero-order valence-corrected chi connectivity index (χ0v) is 10.6. The summed E-state index contributed by atoms with van der Waals surface area (Å²) in [6, 6.07) is 0. The van der Waals surface area contributed by atoms with Gasteiger partial charge in [-0.05, 0) is 20.9 Å². The summed E-state index contributed by atoms with van der Waals surface area (Å²) in [7, 11) is 5.49. The fourth-order valence-corrected chi connectivity index (χ4v) is 1.42. The van der Waals surface area contributed by atoms with Crippen molar-refractivity contribution < 1.29 is 4.79 Å². The molecule has 16 heavy (non-hydrogen) atoms. The minimum atomic E-state index is -0.542. The van der Waals surface area contributed by atoms with Gasteiger partial charge in [0.05, 0.1) is 12.1 Å². The molecule has 0 aliphatic rings. The molecule has 0 saturated carbocycles. The first-order valence-corrected chi connectivity index (χ1v) is 5.29. The van der Waals surface area contributed by atoms with E-state index in [0.717, 1.165) is 5.82 Å². The topological polar surface area (TPSA) is 50.2 Å². The summed E-state index contributed by atoms with van der Waals surface area (Å²) in [5.41, 5.74) is -0.542. The summed E-state index contributed by atoms with van der Waals surface area (Å²) in [4.78, 5) is 17.9. The molecule has 1 heterocycles.